The highest BCUT2D eigenvalue weighted by Crippen LogP contribution is 2.25. The van der Waals surface area contributed by atoms with Crippen molar-refractivity contribution in [3.63, 3.8) is 0 Å². The van der Waals surface area contributed by atoms with E-state index in [1.165, 1.54) is 23.1 Å². The van der Waals surface area contributed by atoms with Crippen LogP contribution in [0.25, 0.3) is 11.0 Å². The number of fused-ring (bicyclic) bond motifs is 2. The molecular weight excluding hydrogens is 388 g/mol. The van der Waals surface area contributed by atoms with E-state index < -0.39 is 6.55 Å². The number of rotatable bonds is 7. The first-order valence-corrected chi connectivity index (χ1v) is 10.1. The van der Waals surface area contributed by atoms with E-state index in [0.717, 1.165) is 23.8 Å². The van der Waals surface area contributed by atoms with Gasteiger partial charge in [-0.3, -0.25) is 14.2 Å². The molecule has 1 aromatic heterocycles. The summed E-state index contributed by atoms with van der Waals surface area (Å²) in [5.41, 5.74) is 3.93. The average Bonchev–Trinajstić information content (AvgIpc) is 3.34. The topological polar surface area (TPSA) is 55.2 Å². The van der Waals surface area contributed by atoms with Gasteiger partial charge < -0.3 is 4.90 Å². The summed E-state index contributed by atoms with van der Waals surface area (Å²) in [4.78, 5) is 30.6. The summed E-state index contributed by atoms with van der Waals surface area (Å²) in [6.07, 6.45) is 3.27. The van der Waals surface area contributed by atoms with Gasteiger partial charge in [0.2, 0.25) is 5.91 Å². The fraction of sp³-hybridized carbons (Fsp3) is 0.348. The van der Waals surface area contributed by atoms with Crippen molar-refractivity contribution < 1.29 is 18.4 Å². The number of nitrogens with zero attached hydrogens (tertiary/aromatic N) is 3. The molecule has 30 heavy (non-hydrogen) atoms. The van der Waals surface area contributed by atoms with Gasteiger partial charge in [-0.2, -0.15) is 8.78 Å². The zero-order valence-electron chi connectivity index (χ0n) is 16.8. The van der Waals surface area contributed by atoms with Gasteiger partial charge in [-0.25, -0.2) is 4.98 Å². The Balaban J connectivity index is 1.40. The van der Waals surface area contributed by atoms with E-state index in [0.29, 0.717) is 16.6 Å². The maximum Gasteiger partial charge on any atom is 0.320 e. The van der Waals surface area contributed by atoms with E-state index in [-0.39, 0.29) is 36.9 Å². The molecule has 1 heterocycles. The monoisotopic (exact) mass is 411 g/mol. The molecule has 0 atom stereocenters. The van der Waals surface area contributed by atoms with Crippen molar-refractivity contribution in [3.8, 4) is 0 Å². The van der Waals surface area contributed by atoms with Crippen molar-refractivity contribution in [1.82, 2.24) is 14.5 Å². The molecule has 2 aromatic carbocycles. The molecule has 5 nitrogen and oxygen atoms in total. The number of para-hydroxylation sites is 2. The first-order valence-electron chi connectivity index (χ1n) is 10.1. The molecule has 1 aliphatic rings. The SMILES string of the molecule is CN(Cc1nc2ccccc2n1C(F)F)C(=O)CCC(=O)c1ccc2c(c1)CCC2. The molecule has 3 aromatic rings. The number of halogens is 2. The molecule has 156 valence electrons. The van der Waals surface area contributed by atoms with Gasteiger partial charge in [0, 0.05) is 25.5 Å². The van der Waals surface area contributed by atoms with Crippen LogP contribution >= 0.6 is 0 Å². The number of imidazole rings is 1. The van der Waals surface area contributed by atoms with Crippen LogP contribution in [0.15, 0.2) is 42.5 Å². The second-order valence-corrected chi connectivity index (χ2v) is 7.67. The lowest BCUT2D eigenvalue weighted by Gasteiger charge is -2.17. The number of alkyl halides is 2. The normalized spacial score (nSPS) is 13.1. The summed E-state index contributed by atoms with van der Waals surface area (Å²) in [5, 5.41) is 0. The number of benzene rings is 2. The van der Waals surface area contributed by atoms with Gasteiger partial charge in [0.15, 0.2) is 5.78 Å². The molecule has 0 aliphatic heterocycles. The lowest BCUT2D eigenvalue weighted by Crippen LogP contribution is -2.28. The molecule has 0 radical (unpaired) electrons. The first-order chi connectivity index (χ1) is 14.4. The maximum atomic E-state index is 13.6. The minimum Gasteiger partial charge on any atom is -0.338 e. The van der Waals surface area contributed by atoms with Gasteiger partial charge in [-0.15, -0.1) is 0 Å². The van der Waals surface area contributed by atoms with Gasteiger partial charge in [0.05, 0.1) is 17.6 Å². The Labute approximate surface area is 173 Å². The molecule has 1 aliphatic carbocycles. The van der Waals surface area contributed by atoms with Crippen molar-refractivity contribution in [2.75, 3.05) is 7.05 Å². The van der Waals surface area contributed by atoms with Crippen molar-refractivity contribution in [2.45, 2.75) is 45.2 Å². The third-order valence-corrected chi connectivity index (χ3v) is 5.65. The van der Waals surface area contributed by atoms with Crippen molar-refractivity contribution >= 4 is 22.7 Å². The van der Waals surface area contributed by atoms with Crippen LogP contribution in [-0.2, 0) is 24.2 Å². The van der Waals surface area contributed by atoms with E-state index >= 15 is 0 Å². The molecule has 4 rings (SSSR count). The Hall–Kier alpha value is -3.09. The number of hydrogen-bond acceptors (Lipinski definition) is 3. The molecule has 0 unspecified atom stereocenters. The predicted octanol–water partition coefficient (Wildman–Crippen LogP) is 4.54. The van der Waals surface area contributed by atoms with Crippen LogP contribution in [-0.4, -0.2) is 33.2 Å². The Morgan fingerprint density at radius 1 is 1.10 bits per heavy atom. The summed E-state index contributed by atoms with van der Waals surface area (Å²) in [6, 6.07) is 12.4. The summed E-state index contributed by atoms with van der Waals surface area (Å²) >= 11 is 0. The predicted molar refractivity (Wildman–Crippen MR) is 109 cm³/mol. The largest absolute Gasteiger partial charge is 0.338 e. The zero-order valence-corrected chi connectivity index (χ0v) is 16.8. The molecule has 0 N–H and O–H groups in total. The Morgan fingerprint density at radius 2 is 1.87 bits per heavy atom. The van der Waals surface area contributed by atoms with Gasteiger partial charge in [-0.1, -0.05) is 24.3 Å². The summed E-state index contributed by atoms with van der Waals surface area (Å²) in [6.45, 7) is -2.80. The Kier molecular flexibility index (Phi) is 5.61. The fourth-order valence-corrected chi connectivity index (χ4v) is 4.02. The van der Waals surface area contributed by atoms with E-state index in [1.54, 1.807) is 24.3 Å². The van der Waals surface area contributed by atoms with Crippen molar-refractivity contribution in [1.29, 1.82) is 0 Å². The third kappa shape index (κ3) is 3.97. The number of aryl methyl sites for hydroxylation is 2. The van der Waals surface area contributed by atoms with Crippen LogP contribution < -0.4 is 0 Å². The van der Waals surface area contributed by atoms with E-state index in [1.807, 2.05) is 18.2 Å². The molecule has 0 fully saturated rings. The van der Waals surface area contributed by atoms with Gasteiger partial charge in [-0.05, 0) is 48.6 Å². The highest BCUT2D eigenvalue weighted by Gasteiger charge is 2.21. The molecule has 0 spiro atoms. The quantitative estimate of drug-likeness (QED) is 0.537. The lowest BCUT2D eigenvalue weighted by molar-refractivity contribution is -0.130. The van der Waals surface area contributed by atoms with E-state index in [4.69, 9.17) is 0 Å². The molecule has 0 saturated heterocycles. The molecule has 7 heteroatoms. The standard InChI is InChI=1S/C23H23F2N3O2/c1-27(14-21-26-18-7-2-3-8-19(18)28(21)23(24)25)22(30)12-11-20(29)17-10-9-15-5-4-6-16(15)13-17/h2-3,7-10,13,23H,4-6,11-12,14H2,1H3. The third-order valence-electron chi connectivity index (χ3n) is 5.65. The van der Waals surface area contributed by atoms with Gasteiger partial charge in [0.1, 0.15) is 5.82 Å². The Morgan fingerprint density at radius 3 is 2.67 bits per heavy atom. The second-order valence-electron chi connectivity index (χ2n) is 7.67. The van der Waals surface area contributed by atoms with Gasteiger partial charge in [0.25, 0.3) is 0 Å². The number of ketones is 1. The van der Waals surface area contributed by atoms with Crippen LogP contribution in [0, 0.1) is 0 Å². The summed E-state index contributed by atoms with van der Waals surface area (Å²) in [5.74, 6) is -0.240. The summed E-state index contributed by atoms with van der Waals surface area (Å²) in [7, 11) is 1.54. The molecule has 0 saturated carbocycles. The van der Waals surface area contributed by atoms with E-state index in [2.05, 4.69) is 4.98 Å². The average molecular weight is 411 g/mol. The highest BCUT2D eigenvalue weighted by atomic mass is 19.3. The first kappa shape index (κ1) is 20.2. The molecule has 1 amide bonds. The maximum absolute atomic E-state index is 13.6. The number of amides is 1. The highest BCUT2D eigenvalue weighted by molar-refractivity contribution is 5.98. The van der Waals surface area contributed by atoms with Crippen LogP contribution in [0.2, 0.25) is 0 Å². The van der Waals surface area contributed by atoms with Crippen molar-refractivity contribution in [3.05, 3.63) is 65.0 Å². The Bertz CT molecular complexity index is 1110. The van der Waals surface area contributed by atoms with Crippen LogP contribution in [0.1, 0.15) is 53.1 Å². The van der Waals surface area contributed by atoms with Crippen molar-refractivity contribution in [2.24, 2.45) is 0 Å². The molecule has 0 bridgehead atoms. The fourth-order valence-electron chi connectivity index (χ4n) is 4.02. The minimum absolute atomic E-state index is 0.0291. The number of carbonyl (C=O) groups is 2. The number of carbonyl (C=O) groups excluding carboxylic acids is 2. The zero-order chi connectivity index (χ0) is 21.3. The number of hydrogen-bond donors (Lipinski definition) is 0. The number of Topliss-reactive ketones (excluding diaryl/α,β-unsaturated/α-hetero) is 1. The van der Waals surface area contributed by atoms with Gasteiger partial charge >= 0.3 is 6.55 Å². The molecular formula is C23H23F2N3O2. The second kappa shape index (κ2) is 8.34. The van der Waals surface area contributed by atoms with Crippen LogP contribution in [0.4, 0.5) is 8.78 Å². The van der Waals surface area contributed by atoms with Crippen LogP contribution in [0.3, 0.4) is 0 Å². The van der Waals surface area contributed by atoms with Crippen LogP contribution in [0.5, 0.6) is 0 Å². The summed E-state index contributed by atoms with van der Waals surface area (Å²) < 4.78 is 27.9. The number of aromatic nitrogens is 2. The smallest absolute Gasteiger partial charge is 0.320 e. The lowest BCUT2D eigenvalue weighted by atomic mass is 10.0. The minimum atomic E-state index is -2.75. The van der Waals surface area contributed by atoms with E-state index in [9.17, 15) is 18.4 Å².